The van der Waals surface area contributed by atoms with E-state index in [2.05, 4.69) is 31.9 Å². The first-order valence-electron chi connectivity index (χ1n) is 4.74. The normalized spacial score (nSPS) is 10.6. The summed E-state index contributed by atoms with van der Waals surface area (Å²) in [4.78, 5) is 12.8. The lowest BCUT2D eigenvalue weighted by Gasteiger charge is -2.02. The number of halogens is 3. The summed E-state index contributed by atoms with van der Waals surface area (Å²) in [7, 11) is 0. The second-order valence-corrected chi connectivity index (χ2v) is 6.75. The first-order valence-corrected chi connectivity index (χ1v) is 7.15. The minimum absolute atomic E-state index is 0.0844. The van der Waals surface area contributed by atoms with Gasteiger partial charge in [-0.15, -0.1) is 11.3 Å². The summed E-state index contributed by atoms with van der Waals surface area (Å²) in [6.07, 6.45) is 0. The molecule has 17 heavy (non-hydrogen) atoms. The zero-order chi connectivity index (χ0) is 12.6. The van der Waals surface area contributed by atoms with Gasteiger partial charge in [-0.2, -0.15) is 0 Å². The Morgan fingerprint density at radius 2 is 2.00 bits per heavy atom. The molecule has 0 N–H and O–H groups in total. The molecule has 0 bridgehead atoms. The molecule has 0 aliphatic rings. The Hall–Kier alpha value is -0.520. The minimum Gasteiger partial charge on any atom is -0.288 e. The molecular formula is C12H7Br2FOS. The van der Waals surface area contributed by atoms with Crippen molar-refractivity contribution in [2.45, 2.75) is 6.92 Å². The van der Waals surface area contributed by atoms with Crippen LogP contribution in [0.2, 0.25) is 0 Å². The third-order valence-corrected chi connectivity index (χ3v) is 5.56. The molecule has 0 aliphatic carbocycles. The maximum atomic E-state index is 13.0. The van der Waals surface area contributed by atoms with Crippen LogP contribution in [0.4, 0.5) is 4.39 Å². The summed E-state index contributed by atoms with van der Waals surface area (Å²) in [6.45, 7) is 1.73. The molecule has 0 saturated heterocycles. The summed E-state index contributed by atoms with van der Waals surface area (Å²) >= 11 is 8.04. The summed E-state index contributed by atoms with van der Waals surface area (Å²) in [5.74, 6) is -0.411. The molecule has 0 spiro atoms. The van der Waals surface area contributed by atoms with Crippen molar-refractivity contribution in [3.8, 4) is 0 Å². The lowest BCUT2D eigenvalue weighted by atomic mass is 10.0. The SMILES string of the molecule is Cc1cc(F)ccc1C(=O)c1cc(Br)c(Br)s1. The van der Waals surface area contributed by atoms with E-state index in [0.29, 0.717) is 16.0 Å². The van der Waals surface area contributed by atoms with Gasteiger partial charge >= 0.3 is 0 Å². The second kappa shape index (κ2) is 5.00. The predicted molar refractivity (Wildman–Crippen MR) is 74.3 cm³/mol. The zero-order valence-electron chi connectivity index (χ0n) is 8.76. The zero-order valence-corrected chi connectivity index (χ0v) is 12.7. The molecule has 2 rings (SSSR count). The maximum absolute atomic E-state index is 13.0. The van der Waals surface area contributed by atoms with Gasteiger partial charge in [0.05, 0.1) is 8.66 Å². The Morgan fingerprint density at radius 3 is 2.53 bits per heavy atom. The van der Waals surface area contributed by atoms with E-state index in [-0.39, 0.29) is 11.6 Å². The van der Waals surface area contributed by atoms with E-state index in [1.165, 1.54) is 29.5 Å². The number of benzene rings is 1. The van der Waals surface area contributed by atoms with Gasteiger partial charge in [0.25, 0.3) is 0 Å². The molecule has 0 amide bonds. The molecule has 5 heteroatoms. The van der Waals surface area contributed by atoms with Crippen LogP contribution >= 0.6 is 43.2 Å². The van der Waals surface area contributed by atoms with Crippen LogP contribution in [0.25, 0.3) is 0 Å². The fraction of sp³-hybridized carbons (Fsp3) is 0.0833. The molecule has 1 nitrogen and oxygen atoms in total. The quantitative estimate of drug-likeness (QED) is 0.676. The van der Waals surface area contributed by atoms with Crippen LogP contribution in [0.5, 0.6) is 0 Å². The molecule has 0 aliphatic heterocycles. The molecule has 88 valence electrons. The largest absolute Gasteiger partial charge is 0.288 e. The van der Waals surface area contributed by atoms with Crippen molar-refractivity contribution in [2.75, 3.05) is 0 Å². The number of hydrogen-bond acceptors (Lipinski definition) is 2. The number of carbonyl (C=O) groups is 1. The van der Waals surface area contributed by atoms with Gasteiger partial charge in [-0.05, 0) is 68.6 Å². The molecule has 1 aromatic carbocycles. The van der Waals surface area contributed by atoms with E-state index in [9.17, 15) is 9.18 Å². The van der Waals surface area contributed by atoms with Crippen molar-refractivity contribution >= 4 is 49.0 Å². The molecule has 0 fully saturated rings. The van der Waals surface area contributed by atoms with Crippen LogP contribution in [0.1, 0.15) is 20.8 Å². The predicted octanol–water partition coefficient (Wildman–Crippen LogP) is 4.95. The van der Waals surface area contributed by atoms with Gasteiger partial charge in [0.15, 0.2) is 0 Å². The van der Waals surface area contributed by atoms with E-state index in [4.69, 9.17) is 0 Å². The lowest BCUT2D eigenvalue weighted by Crippen LogP contribution is -2.01. The van der Waals surface area contributed by atoms with Gasteiger partial charge in [-0.25, -0.2) is 4.39 Å². The van der Waals surface area contributed by atoms with Crippen LogP contribution in [-0.4, -0.2) is 5.78 Å². The van der Waals surface area contributed by atoms with Crippen molar-refractivity contribution in [3.63, 3.8) is 0 Å². The van der Waals surface area contributed by atoms with Crippen molar-refractivity contribution in [1.82, 2.24) is 0 Å². The summed E-state index contributed by atoms with van der Waals surface area (Å²) in [6, 6.07) is 5.96. The first kappa shape index (κ1) is 12.9. The average molecular weight is 378 g/mol. The number of hydrogen-bond donors (Lipinski definition) is 0. The number of thiophene rings is 1. The number of aryl methyl sites for hydroxylation is 1. The maximum Gasteiger partial charge on any atom is 0.203 e. The minimum atomic E-state index is -0.326. The molecular weight excluding hydrogens is 371 g/mol. The summed E-state index contributed by atoms with van der Waals surface area (Å²) < 4.78 is 14.7. The Morgan fingerprint density at radius 1 is 1.29 bits per heavy atom. The number of rotatable bonds is 2. The van der Waals surface area contributed by atoms with Crippen molar-refractivity contribution < 1.29 is 9.18 Å². The third-order valence-electron chi connectivity index (χ3n) is 2.30. The standard InChI is InChI=1S/C12H7Br2FOS/c1-6-4-7(15)2-3-8(6)11(16)10-5-9(13)12(14)17-10/h2-5H,1H3. The number of carbonyl (C=O) groups excluding carboxylic acids is 1. The van der Waals surface area contributed by atoms with Gasteiger partial charge in [-0.3, -0.25) is 4.79 Å². The molecule has 2 aromatic rings. The van der Waals surface area contributed by atoms with Crippen LogP contribution in [0.15, 0.2) is 32.5 Å². The van der Waals surface area contributed by atoms with Gasteiger partial charge < -0.3 is 0 Å². The third kappa shape index (κ3) is 2.67. The monoisotopic (exact) mass is 376 g/mol. The highest BCUT2D eigenvalue weighted by molar-refractivity contribution is 9.13. The molecule has 0 unspecified atom stereocenters. The fourth-order valence-electron chi connectivity index (χ4n) is 1.47. The highest BCUT2D eigenvalue weighted by Crippen LogP contribution is 2.33. The smallest absolute Gasteiger partial charge is 0.203 e. The van der Waals surface area contributed by atoms with E-state index in [1.807, 2.05) is 0 Å². The van der Waals surface area contributed by atoms with Crippen molar-refractivity contribution in [3.05, 3.63) is 54.3 Å². The Labute approximate surface area is 119 Å². The molecule has 0 saturated carbocycles. The molecule has 0 radical (unpaired) electrons. The van der Waals surface area contributed by atoms with Crippen LogP contribution in [0.3, 0.4) is 0 Å². The molecule has 1 heterocycles. The Balaban J connectivity index is 2.43. The fourth-order valence-corrected chi connectivity index (χ4v) is 3.46. The topological polar surface area (TPSA) is 17.1 Å². The van der Waals surface area contributed by atoms with Crippen molar-refractivity contribution in [1.29, 1.82) is 0 Å². The first-order chi connectivity index (χ1) is 7.99. The second-order valence-electron chi connectivity index (χ2n) is 3.52. The molecule has 0 atom stereocenters. The number of ketones is 1. The Bertz CT molecular complexity index is 573. The van der Waals surface area contributed by atoms with Gasteiger partial charge in [-0.1, -0.05) is 0 Å². The Kier molecular flexibility index (Phi) is 3.80. The van der Waals surface area contributed by atoms with Gasteiger partial charge in [0, 0.05) is 10.0 Å². The van der Waals surface area contributed by atoms with E-state index in [1.54, 1.807) is 13.0 Å². The highest BCUT2D eigenvalue weighted by atomic mass is 79.9. The molecule has 1 aromatic heterocycles. The summed E-state index contributed by atoms with van der Waals surface area (Å²) in [5.41, 5.74) is 1.18. The van der Waals surface area contributed by atoms with E-state index in [0.717, 1.165) is 8.26 Å². The van der Waals surface area contributed by atoms with E-state index < -0.39 is 0 Å². The van der Waals surface area contributed by atoms with Crippen molar-refractivity contribution in [2.24, 2.45) is 0 Å². The van der Waals surface area contributed by atoms with Gasteiger partial charge in [0.2, 0.25) is 5.78 Å². The van der Waals surface area contributed by atoms with Crippen LogP contribution in [0, 0.1) is 12.7 Å². The van der Waals surface area contributed by atoms with E-state index >= 15 is 0 Å². The lowest BCUT2D eigenvalue weighted by molar-refractivity contribution is 0.104. The van der Waals surface area contributed by atoms with Crippen LogP contribution in [-0.2, 0) is 0 Å². The van der Waals surface area contributed by atoms with Crippen LogP contribution < -0.4 is 0 Å². The highest BCUT2D eigenvalue weighted by Gasteiger charge is 2.16. The van der Waals surface area contributed by atoms with Gasteiger partial charge in [0.1, 0.15) is 5.82 Å². The summed E-state index contributed by atoms with van der Waals surface area (Å²) in [5, 5.41) is 0. The average Bonchev–Trinajstić information content (AvgIpc) is 2.58.